The molecule has 6 nitrogen and oxygen atoms in total. The Hall–Kier alpha value is -2.51. The number of alkyl halides is 2. The Balaban J connectivity index is 1.85. The molecule has 128 valence electrons. The molecule has 1 aliphatic heterocycles. The summed E-state index contributed by atoms with van der Waals surface area (Å²) in [6.45, 7) is 1.35. The van der Waals surface area contributed by atoms with Crippen LogP contribution in [0.25, 0.3) is 0 Å². The van der Waals surface area contributed by atoms with Gasteiger partial charge in [0.2, 0.25) is 0 Å². The van der Waals surface area contributed by atoms with Gasteiger partial charge in [-0.25, -0.2) is 18.7 Å². The third kappa shape index (κ3) is 3.22. The van der Waals surface area contributed by atoms with Crippen LogP contribution in [0, 0.1) is 0 Å². The molecule has 1 amide bonds. The van der Waals surface area contributed by atoms with Crippen LogP contribution in [0.3, 0.4) is 0 Å². The fourth-order valence-electron chi connectivity index (χ4n) is 2.97. The van der Waals surface area contributed by atoms with Crippen molar-refractivity contribution in [2.75, 3.05) is 6.54 Å². The van der Waals surface area contributed by atoms with Crippen molar-refractivity contribution < 1.29 is 13.6 Å². The van der Waals surface area contributed by atoms with Crippen molar-refractivity contribution >= 4 is 5.91 Å². The topological polar surface area (TPSA) is 81.8 Å². The Kier molecular flexibility index (Phi) is 4.21. The largest absolute Gasteiger partial charge is 0.340 e. The summed E-state index contributed by atoms with van der Waals surface area (Å²) in [4.78, 5) is 28.3. The standard InChI is InChI=1S/C16H18F2N4O2/c1-16(17,18)11-7-5-10(6-8-11)14(23)22-9-3-2-4-12(22)13-19-15(24)21-20-13/h5-8,12H,2-4,9H2,1H3,(H2,19,20,21,24). The Morgan fingerprint density at radius 2 is 2.00 bits per heavy atom. The van der Waals surface area contributed by atoms with E-state index in [4.69, 9.17) is 0 Å². The van der Waals surface area contributed by atoms with Gasteiger partial charge in [0.05, 0.1) is 6.04 Å². The molecule has 1 unspecified atom stereocenters. The summed E-state index contributed by atoms with van der Waals surface area (Å²) < 4.78 is 26.6. The quantitative estimate of drug-likeness (QED) is 0.904. The molecule has 0 saturated carbocycles. The highest BCUT2D eigenvalue weighted by Gasteiger charge is 2.31. The first kappa shape index (κ1) is 16.4. The molecule has 0 spiro atoms. The number of aromatic amines is 2. The van der Waals surface area contributed by atoms with Crippen LogP contribution in [-0.2, 0) is 5.92 Å². The maximum Gasteiger partial charge on any atom is 0.340 e. The lowest BCUT2D eigenvalue weighted by atomic mass is 9.99. The number of rotatable bonds is 3. The number of nitrogens with one attached hydrogen (secondary N) is 2. The van der Waals surface area contributed by atoms with Gasteiger partial charge in [0.15, 0.2) is 5.82 Å². The summed E-state index contributed by atoms with van der Waals surface area (Å²) in [5.41, 5.74) is -0.212. The number of nitrogens with zero attached hydrogens (tertiary/aromatic N) is 2. The zero-order valence-electron chi connectivity index (χ0n) is 13.2. The molecule has 1 aromatic carbocycles. The number of aromatic nitrogens is 3. The van der Waals surface area contributed by atoms with E-state index in [0.717, 1.165) is 19.8 Å². The summed E-state index contributed by atoms with van der Waals surface area (Å²) in [6, 6.07) is 5.03. The SMILES string of the molecule is CC(F)(F)c1ccc(C(=O)N2CCCCC2c2n[nH]c(=O)[nH]2)cc1. The third-order valence-electron chi connectivity index (χ3n) is 4.24. The molecular weight excluding hydrogens is 318 g/mol. The predicted octanol–water partition coefficient (Wildman–Crippen LogP) is 2.58. The lowest BCUT2D eigenvalue weighted by Gasteiger charge is -2.34. The number of carbonyl (C=O) groups is 1. The second kappa shape index (κ2) is 6.18. The third-order valence-corrected chi connectivity index (χ3v) is 4.24. The minimum absolute atomic E-state index is 0.133. The number of amides is 1. The van der Waals surface area contributed by atoms with Crippen LogP contribution in [0.15, 0.2) is 29.1 Å². The number of benzene rings is 1. The molecule has 1 aliphatic rings. The number of halogens is 2. The van der Waals surface area contributed by atoms with E-state index in [1.54, 1.807) is 4.90 Å². The minimum Gasteiger partial charge on any atom is -0.328 e. The first-order chi connectivity index (χ1) is 11.4. The van der Waals surface area contributed by atoms with Gasteiger partial charge in [0, 0.05) is 24.6 Å². The van der Waals surface area contributed by atoms with Crippen LogP contribution >= 0.6 is 0 Å². The van der Waals surface area contributed by atoms with E-state index in [1.165, 1.54) is 24.3 Å². The number of hydrogen-bond donors (Lipinski definition) is 2. The summed E-state index contributed by atoms with van der Waals surface area (Å²) in [6.07, 6.45) is 2.46. The summed E-state index contributed by atoms with van der Waals surface area (Å²) in [5, 5.41) is 6.23. The van der Waals surface area contributed by atoms with Crippen LogP contribution in [0.5, 0.6) is 0 Å². The van der Waals surface area contributed by atoms with Gasteiger partial charge in [-0.2, -0.15) is 5.10 Å². The van der Waals surface area contributed by atoms with Gasteiger partial charge in [-0.1, -0.05) is 12.1 Å². The fourth-order valence-corrected chi connectivity index (χ4v) is 2.97. The normalized spacial score (nSPS) is 18.6. The number of hydrogen-bond acceptors (Lipinski definition) is 3. The van der Waals surface area contributed by atoms with Gasteiger partial charge in [-0.3, -0.25) is 9.78 Å². The first-order valence-electron chi connectivity index (χ1n) is 7.80. The summed E-state index contributed by atoms with van der Waals surface area (Å²) in [5.74, 6) is -2.77. The molecule has 0 aliphatic carbocycles. The van der Waals surface area contributed by atoms with Gasteiger partial charge in [0.1, 0.15) is 0 Å². The van der Waals surface area contributed by atoms with Crippen molar-refractivity contribution in [2.24, 2.45) is 0 Å². The molecule has 1 atom stereocenters. The Labute approximate surface area is 136 Å². The highest BCUT2D eigenvalue weighted by Crippen LogP contribution is 2.31. The minimum atomic E-state index is -2.94. The van der Waals surface area contributed by atoms with E-state index in [-0.39, 0.29) is 17.5 Å². The number of piperidine rings is 1. The van der Waals surface area contributed by atoms with E-state index in [0.29, 0.717) is 24.4 Å². The van der Waals surface area contributed by atoms with Gasteiger partial charge in [-0.15, -0.1) is 0 Å². The fraction of sp³-hybridized carbons (Fsp3) is 0.438. The smallest absolute Gasteiger partial charge is 0.328 e. The molecule has 0 radical (unpaired) electrons. The molecule has 1 saturated heterocycles. The van der Waals surface area contributed by atoms with E-state index in [2.05, 4.69) is 15.2 Å². The second-order valence-electron chi connectivity index (χ2n) is 6.04. The van der Waals surface area contributed by atoms with Gasteiger partial charge >= 0.3 is 5.69 Å². The second-order valence-corrected chi connectivity index (χ2v) is 6.04. The van der Waals surface area contributed by atoms with Crippen LogP contribution in [0.2, 0.25) is 0 Å². The first-order valence-corrected chi connectivity index (χ1v) is 7.80. The molecule has 3 rings (SSSR count). The van der Waals surface area contributed by atoms with Gasteiger partial charge in [0.25, 0.3) is 11.8 Å². The molecular formula is C16H18F2N4O2. The summed E-state index contributed by atoms with van der Waals surface area (Å²) >= 11 is 0. The van der Waals surface area contributed by atoms with E-state index in [1.807, 2.05) is 0 Å². The van der Waals surface area contributed by atoms with Crippen molar-refractivity contribution in [3.05, 3.63) is 51.7 Å². The number of H-pyrrole nitrogens is 2. The van der Waals surface area contributed by atoms with Crippen molar-refractivity contribution in [2.45, 2.75) is 38.2 Å². The predicted molar refractivity (Wildman–Crippen MR) is 82.8 cm³/mol. The molecule has 24 heavy (non-hydrogen) atoms. The van der Waals surface area contributed by atoms with E-state index >= 15 is 0 Å². The summed E-state index contributed by atoms with van der Waals surface area (Å²) in [7, 11) is 0. The molecule has 2 aromatic rings. The average molecular weight is 336 g/mol. The lowest BCUT2D eigenvalue weighted by Crippen LogP contribution is -2.39. The van der Waals surface area contributed by atoms with Crippen LogP contribution in [0.4, 0.5) is 8.78 Å². The zero-order valence-corrected chi connectivity index (χ0v) is 13.2. The molecule has 2 heterocycles. The zero-order chi connectivity index (χ0) is 17.3. The highest BCUT2D eigenvalue weighted by atomic mass is 19.3. The highest BCUT2D eigenvalue weighted by molar-refractivity contribution is 5.94. The van der Waals surface area contributed by atoms with Crippen molar-refractivity contribution in [1.82, 2.24) is 20.1 Å². The van der Waals surface area contributed by atoms with Crippen LogP contribution < -0.4 is 5.69 Å². The molecule has 1 fully saturated rings. The monoisotopic (exact) mass is 336 g/mol. The maximum absolute atomic E-state index is 13.3. The van der Waals surface area contributed by atoms with Gasteiger partial charge < -0.3 is 4.90 Å². The van der Waals surface area contributed by atoms with Crippen LogP contribution in [-0.4, -0.2) is 32.5 Å². The number of carbonyl (C=O) groups excluding carboxylic acids is 1. The Bertz CT molecular complexity index is 776. The maximum atomic E-state index is 13.3. The van der Waals surface area contributed by atoms with E-state index in [9.17, 15) is 18.4 Å². The van der Waals surface area contributed by atoms with Crippen molar-refractivity contribution in [1.29, 1.82) is 0 Å². The molecule has 1 aromatic heterocycles. The van der Waals surface area contributed by atoms with Crippen molar-refractivity contribution in [3.8, 4) is 0 Å². The Morgan fingerprint density at radius 3 is 2.58 bits per heavy atom. The molecule has 8 heteroatoms. The van der Waals surface area contributed by atoms with Gasteiger partial charge in [-0.05, 0) is 31.4 Å². The van der Waals surface area contributed by atoms with Crippen molar-refractivity contribution in [3.63, 3.8) is 0 Å². The number of likely N-dealkylation sites (tertiary alicyclic amines) is 1. The lowest BCUT2D eigenvalue weighted by molar-refractivity contribution is 0.0174. The molecule has 2 N–H and O–H groups in total. The average Bonchev–Trinajstić information content (AvgIpc) is 3.00. The van der Waals surface area contributed by atoms with Crippen LogP contribution in [0.1, 0.15) is 54.0 Å². The Morgan fingerprint density at radius 1 is 1.29 bits per heavy atom. The van der Waals surface area contributed by atoms with E-state index < -0.39 is 11.6 Å². The molecule has 0 bridgehead atoms.